The number of allylic oxidation sites excluding steroid dienone is 1. The standard InChI is InChI=1S/C50H80O24/c1-19-7-12-50(64-18-19)20(2)29-43(74-50)73-42-23-6-5-21-13-22(8-10-48(21,3)24(23)9-11-49(29,42)4)65-44-36(61)32(57)39(26(15-52)67-44)71-46-38(63)34(59)41(28(17-54)69-46)72-47-37(62)33(58)40(27(16-53)68-47)70-45-35(60)31(56)30(55)25(14-51)66-45/h5,19-20,22-47,51-63H,6-18H2,1-4H3/t19-,20+,22+,23?,24?,25?,26?,27?,28?,29?,30+,31+,32-,33-,34-,35?,36?,37?,38?,39+,40+,41+,42?,43?,44-,45+,46+,47+,48+,49-,50-/m1/s1. The van der Waals surface area contributed by atoms with Crippen molar-refractivity contribution < 1.29 is 118 Å². The summed E-state index contributed by atoms with van der Waals surface area (Å²) in [7, 11) is 0. The van der Waals surface area contributed by atoms with Crippen LogP contribution in [-0.4, -0.2) is 247 Å². The molecule has 24 nitrogen and oxygen atoms in total. The van der Waals surface area contributed by atoms with Crippen LogP contribution >= 0.6 is 0 Å². The molecule has 13 N–H and O–H groups in total. The van der Waals surface area contributed by atoms with Gasteiger partial charge >= 0.3 is 0 Å². The van der Waals surface area contributed by atoms with Crippen molar-refractivity contribution in [1.82, 2.24) is 0 Å². The Bertz CT molecular complexity index is 1940. The highest BCUT2D eigenvalue weighted by Gasteiger charge is 2.70. The minimum Gasteiger partial charge on any atom is -0.394 e. The average molecular weight is 1070 g/mol. The number of aliphatic hydroxyl groups is 13. The Kier molecular flexibility index (Phi) is 16.4. The van der Waals surface area contributed by atoms with Crippen molar-refractivity contribution in [3.8, 4) is 0 Å². The highest BCUT2D eigenvalue weighted by Crippen LogP contribution is 2.68. The summed E-state index contributed by atoms with van der Waals surface area (Å²) in [6.07, 6.45) is -25.9. The summed E-state index contributed by atoms with van der Waals surface area (Å²) in [5.41, 5.74) is 1.13. The van der Waals surface area contributed by atoms with E-state index in [1.165, 1.54) is 5.57 Å². The van der Waals surface area contributed by atoms with Gasteiger partial charge in [0.1, 0.15) is 97.7 Å². The van der Waals surface area contributed by atoms with Gasteiger partial charge in [0.2, 0.25) is 0 Å². The number of fused-ring (bicyclic) bond motifs is 7. The third-order valence-corrected chi connectivity index (χ3v) is 19.2. The number of aliphatic hydroxyl groups excluding tert-OH is 13. The van der Waals surface area contributed by atoms with Crippen LogP contribution in [0, 0.1) is 40.4 Å². The monoisotopic (exact) mass is 1060 g/mol. The Labute approximate surface area is 428 Å². The zero-order valence-electron chi connectivity index (χ0n) is 42.2. The molecule has 24 heteroatoms. The van der Waals surface area contributed by atoms with E-state index in [1.807, 2.05) is 0 Å². The first-order valence-corrected chi connectivity index (χ1v) is 26.7. The minimum atomic E-state index is -2.03. The van der Waals surface area contributed by atoms with Gasteiger partial charge in [-0.05, 0) is 68.1 Å². The molecule has 74 heavy (non-hydrogen) atoms. The largest absolute Gasteiger partial charge is 0.394 e. The molecule has 13 unspecified atom stereocenters. The summed E-state index contributed by atoms with van der Waals surface area (Å²) in [5.74, 6) is 1.12. The van der Waals surface area contributed by atoms with Crippen LogP contribution in [-0.2, 0) is 52.1 Å². The topological polar surface area (TPSA) is 365 Å². The Morgan fingerprint density at radius 1 is 0.554 bits per heavy atom. The van der Waals surface area contributed by atoms with Crippen LogP contribution in [0.1, 0.15) is 79.1 Å². The number of hydrogen-bond acceptors (Lipinski definition) is 24. The van der Waals surface area contributed by atoms with Crippen LogP contribution in [0.2, 0.25) is 0 Å². The first-order chi connectivity index (χ1) is 35.2. The summed E-state index contributed by atoms with van der Waals surface area (Å²) < 4.78 is 66.6. The van der Waals surface area contributed by atoms with Crippen molar-refractivity contribution in [2.75, 3.05) is 33.0 Å². The van der Waals surface area contributed by atoms with Crippen LogP contribution in [0.25, 0.3) is 0 Å². The van der Waals surface area contributed by atoms with Crippen molar-refractivity contribution in [1.29, 1.82) is 0 Å². The first-order valence-electron chi connectivity index (χ1n) is 26.7. The van der Waals surface area contributed by atoms with Gasteiger partial charge in [-0.25, -0.2) is 0 Å². The third-order valence-electron chi connectivity index (χ3n) is 19.2. The molecule has 10 aliphatic rings. The number of ether oxygens (including phenoxy) is 11. The Hall–Kier alpha value is -1.22. The normalized spacial score (nSPS) is 56.5. The molecule has 3 aliphatic carbocycles. The van der Waals surface area contributed by atoms with Crippen molar-refractivity contribution in [3.05, 3.63) is 11.6 Å². The summed E-state index contributed by atoms with van der Waals surface area (Å²) >= 11 is 0. The fraction of sp³-hybridized carbons (Fsp3) is 0.960. The van der Waals surface area contributed by atoms with E-state index in [4.69, 9.17) is 52.1 Å². The van der Waals surface area contributed by atoms with Gasteiger partial charge in [-0.2, -0.15) is 0 Å². The molecular formula is C50H80O24. The van der Waals surface area contributed by atoms with E-state index in [9.17, 15) is 66.4 Å². The minimum absolute atomic E-state index is 0.0387. The maximum atomic E-state index is 11.5. The van der Waals surface area contributed by atoms with E-state index >= 15 is 0 Å². The summed E-state index contributed by atoms with van der Waals surface area (Å²) in [6.45, 7) is 6.64. The van der Waals surface area contributed by atoms with Gasteiger partial charge in [-0.3, -0.25) is 0 Å². The molecule has 0 radical (unpaired) electrons. The maximum absolute atomic E-state index is 11.5. The third kappa shape index (κ3) is 9.47. The van der Waals surface area contributed by atoms with Gasteiger partial charge in [0.25, 0.3) is 0 Å². The molecule has 31 atom stereocenters. The Morgan fingerprint density at radius 3 is 1.55 bits per heavy atom. The molecular weight excluding hydrogens is 985 g/mol. The van der Waals surface area contributed by atoms with E-state index in [2.05, 4.69) is 33.8 Å². The quantitative estimate of drug-likeness (QED) is 0.0838. The fourth-order valence-electron chi connectivity index (χ4n) is 14.7. The Morgan fingerprint density at radius 2 is 1.05 bits per heavy atom. The molecule has 10 rings (SSSR count). The van der Waals surface area contributed by atoms with Crippen LogP contribution in [0.4, 0.5) is 0 Å². The summed E-state index contributed by atoms with van der Waals surface area (Å²) in [4.78, 5) is 0. The lowest BCUT2D eigenvalue weighted by Gasteiger charge is -2.57. The van der Waals surface area contributed by atoms with E-state index in [0.29, 0.717) is 37.2 Å². The van der Waals surface area contributed by atoms with Gasteiger partial charge in [0.05, 0.1) is 45.2 Å². The molecule has 7 saturated heterocycles. The molecule has 424 valence electrons. The Balaban J connectivity index is 0.738. The molecule has 9 fully saturated rings. The molecule has 0 aromatic carbocycles. The molecule has 7 heterocycles. The molecule has 0 bridgehead atoms. The predicted molar refractivity (Wildman–Crippen MR) is 245 cm³/mol. The molecule has 2 saturated carbocycles. The molecule has 7 aliphatic heterocycles. The van der Waals surface area contributed by atoms with Gasteiger partial charge in [0.15, 0.2) is 37.2 Å². The summed E-state index contributed by atoms with van der Waals surface area (Å²) in [5, 5.41) is 139. The second-order valence-electron chi connectivity index (χ2n) is 23.4. The summed E-state index contributed by atoms with van der Waals surface area (Å²) in [6, 6.07) is 0. The predicted octanol–water partition coefficient (Wildman–Crippen LogP) is -3.65. The molecule has 0 aromatic heterocycles. The van der Waals surface area contributed by atoms with Crippen LogP contribution in [0.5, 0.6) is 0 Å². The lowest BCUT2D eigenvalue weighted by Crippen LogP contribution is -2.67. The molecule has 0 aromatic rings. The zero-order chi connectivity index (χ0) is 52.9. The van der Waals surface area contributed by atoms with Crippen molar-refractivity contribution >= 4 is 0 Å². The smallest absolute Gasteiger partial charge is 0.187 e. The zero-order valence-corrected chi connectivity index (χ0v) is 42.2. The molecule has 0 amide bonds. The van der Waals surface area contributed by atoms with E-state index in [-0.39, 0.29) is 35.1 Å². The van der Waals surface area contributed by atoms with Crippen LogP contribution in [0.3, 0.4) is 0 Å². The van der Waals surface area contributed by atoms with E-state index < -0.39 is 161 Å². The first kappa shape index (κ1) is 56.1. The second-order valence-corrected chi connectivity index (χ2v) is 23.4. The number of rotatable bonds is 12. The highest BCUT2D eigenvalue weighted by molar-refractivity contribution is 5.26. The second kappa shape index (κ2) is 21.7. The highest BCUT2D eigenvalue weighted by atomic mass is 16.8. The number of hydrogen-bond donors (Lipinski definition) is 13. The molecule has 1 spiro atoms. The lowest BCUT2D eigenvalue weighted by atomic mass is 9.48. The van der Waals surface area contributed by atoms with Gasteiger partial charge in [-0.1, -0.05) is 39.3 Å². The average Bonchev–Trinajstić information content (AvgIpc) is 3.84. The maximum Gasteiger partial charge on any atom is 0.187 e. The van der Waals surface area contributed by atoms with Gasteiger partial charge in [-0.15, -0.1) is 0 Å². The van der Waals surface area contributed by atoms with Crippen molar-refractivity contribution in [3.63, 3.8) is 0 Å². The van der Waals surface area contributed by atoms with Crippen molar-refractivity contribution in [2.45, 2.75) is 226 Å². The van der Waals surface area contributed by atoms with E-state index in [1.54, 1.807) is 0 Å². The van der Waals surface area contributed by atoms with Gasteiger partial charge in [0, 0.05) is 23.7 Å². The van der Waals surface area contributed by atoms with Crippen LogP contribution < -0.4 is 0 Å². The van der Waals surface area contributed by atoms with Gasteiger partial charge < -0.3 is 118 Å². The lowest BCUT2D eigenvalue weighted by molar-refractivity contribution is -0.389. The van der Waals surface area contributed by atoms with Crippen LogP contribution in [0.15, 0.2) is 11.6 Å². The van der Waals surface area contributed by atoms with E-state index in [0.717, 1.165) is 38.5 Å². The fourth-order valence-corrected chi connectivity index (χ4v) is 14.7. The SMILES string of the molecule is C[C@@H]1CC[C@@]2(OC1)OC1OC3C4CC=C5C[C@@H](O[C@@H]6OC(CO)[C@H](O[C@@H]7OC(CO)[C@H](O[C@@H]8OC(CO)[C@H](O[C@@H]9OC(CO)[C@H](O)[C@H](O)C9O)[C@H](O)C8O)[C@H](O)C7O)[C@H](O)C6O)CC[C@]5(C)C4CC[C@]3(C)C1[C@@H]2C. The van der Waals surface area contributed by atoms with Crippen molar-refractivity contribution in [2.24, 2.45) is 40.4 Å².